The molecule has 44 heavy (non-hydrogen) atoms. The van der Waals surface area contributed by atoms with Crippen LogP contribution in [0.5, 0.6) is 0 Å². The zero-order chi connectivity index (χ0) is 31.0. The van der Waals surface area contributed by atoms with E-state index >= 15 is 0 Å². The molecule has 1 atom stereocenters. The van der Waals surface area contributed by atoms with E-state index in [0.717, 1.165) is 28.3 Å². The number of hydrogen-bond donors (Lipinski definition) is 5. The largest absolute Gasteiger partial charge is 0.374 e. The number of H-pyrrole nitrogens is 2. The minimum atomic E-state index is -3.44. The fourth-order valence-corrected chi connectivity index (χ4v) is 5.54. The number of aromatic amines is 2. The first-order valence-electron chi connectivity index (χ1n) is 14.0. The van der Waals surface area contributed by atoms with Crippen molar-refractivity contribution in [1.29, 1.82) is 0 Å². The molecule has 4 aromatic heterocycles. The number of nitrogens with one attached hydrogen (secondary N) is 4. The van der Waals surface area contributed by atoms with Crippen LogP contribution in [0.15, 0.2) is 67.1 Å². The third-order valence-corrected chi connectivity index (χ3v) is 7.73. The first-order valence-corrected chi connectivity index (χ1v) is 15.9. The Morgan fingerprint density at radius 3 is 2.64 bits per heavy atom. The molecule has 0 bridgehead atoms. The number of benzene rings is 2. The third kappa shape index (κ3) is 6.44. The molecule has 5 N–H and O–H groups in total. The van der Waals surface area contributed by atoms with E-state index in [-0.39, 0.29) is 6.54 Å². The van der Waals surface area contributed by atoms with Crippen molar-refractivity contribution in [2.75, 3.05) is 11.6 Å². The standard InChI is InChI=1S/C31H31FN8O3S/c1-17(2)7-27(41)36-23-11-20(14-33-16-23)21-12-25-29(39-40-30(25)34-15-21)31-37-26-6-4-5-24(28(26)38-31)19-8-18(9-22(32)10-19)13-35-44(3,42)43/h4-6,8-12,14-17,27,35-36,41H,7,13H2,1-3H3,(H,37,38)(H,34,39,40). The number of halogens is 1. The van der Waals surface area contributed by atoms with Gasteiger partial charge < -0.3 is 15.4 Å². The van der Waals surface area contributed by atoms with Gasteiger partial charge in [-0.2, -0.15) is 5.10 Å². The molecule has 0 saturated heterocycles. The number of sulfonamides is 1. The fourth-order valence-electron chi connectivity index (χ4n) is 5.12. The molecule has 0 fully saturated rings. The van der Waals surface area contributed by atoms with Crippen molar-refractivity contribution in [1.82, 2.24) is 34.9 Å². The minimum absolute atomic E-state index is 0.0347. The monoisotopic (exact) mass is 614 g/mol. The van der Waals surface area contributed by atoms with E-state index in [1.54, 1.807) is 24.7 Å². The number of imidazole rings is 1. The summed E-state index contributed by atoms with van der Waals surface area (Å²) in [7, 11) is -3.44. The lowest BCUT2D eigenvalue weighted by atomic mass is 10.0. The van der Waals surface area contributed by atoms with E-state index in [4.69, 9.17) is 4.98 Å². The number of aromatic nitrogens is 6. The molecule has 11 nitrogen and oxygen atoms in total. The van der Waals surface area contributed by atoms with Crippen molar-refractivity contribution in [3.05, 3.63) is 78.5 Å². The van der Waals surface area contributed by atoms with Crippen LogP contribution in [0.25, 0.3) is 55.8 Å². The Labute approximate surface area is 253 Å². The van der Waals surface area contributed by atoms with Gasteiger partial charge in [0.05, 0.1) is 34.6 Å². The second-order valence-corrected chi connectivity index (χ2v) is 13.0. The summed E-state index contributed by atoms with van der Waals surface area (Å²) >= 11 is 0. The summed E-state index contributed by atoms with van der Waals surface area (Å²) in [5, 5.41) is 21.6. The molecular weight excluding hydrogens is 583 g/mol. The normalized spacial score (nSPS) is 12.8. The zero-order valence-electron chi connectivity index (χ0n) is 24.3. The van der Waals surface area contributed by atoms with Crippen molar-refractivity contribution >= 4 is 37.8 Å². The number of fused-ring (bicyclic) bond motifs is 2. The molecule has 0 spiro atoms. The van der Waals surface area contributed by atoms with Gasteiger partial charge in [0.25, 0.3) is 0 Å². The van der Waals surface area contributed by atoms with E-state index in [0.29, 0.717) is 57.4 Å². The van der Waals surface area contributed by atoms with E-state index in [1.165, 1.54) is 12.1 Å². The van der Waals surface area contributed by atoms with Gasteiger partial charge in [-0.25, -0.2) is 27.5 Å². The highest BCUT2D eigenvalue weighted by Crippen LogP contribution is 2.33. The van der Waals surface area contributed by atoms with Gasteiger partial charge in [-0.05, 0) is 59.9 Å². The number of para-hydroxylation sites is 1. The number of nitrogens with zero attached hydrogens (tertiary/aromatic N) is 4. The highest BCUT2D eigenvalue weighted by molar-refractivity contribution is 7.88. The molecule has 1 unspecified atom stereocenters. The Kier molecular flexibility index (Phi) is 7.84. The van der Waals surface area contributed by atoms with Gasteiger partial charge in [-0.3, -0.25) is 10.1 Å². The average Bonchev–Trinajstić information content (AvgIpc) is 3.59. The summed E-state index contributed by atoms with van der Waals surface area (Å²) in [5.74, 6) is 0.351. The SMILES string of the molecule is CC(C)CC(O)Nc1cncc(-c2cnc3[nH]nc(-c4nc5c(-c6cc(F)cc(CNS(C)(=O)=O)c6)cccc5[nH]4)c3c2)c1. The van der Waals surface area contributed by atoms with Crippen LogP contribution < -0.4 is 10.0 Å². The summed E-state index contributed by atoms with van der Waals surface area (Å²) < 4.78 is 40.1. The quantitative estimate of drug-likeness (QED) is 0.132. The molecule has 226 valence electrons. The van der Waals surface area contributed by atoms with Gasteiger partial charge in [-0.15, -0.1) is 0 Å². The van der Waals surface area contributed by atoms with Gasteiger partial charge >= 0.3 is 0 Å². The molecule has 0 radical (unpaired) electrons. The molecule has 0 aliphatic carbocycles. The van der Waals surface area contributed by atoms with Crippen molar-refractivity contribution in [3.8, 4) is 33.8 Å². The average molecular weight is 615 g/mol. The van der Waals surface area contributed by atoms with Crippen LogP contribution in [0.3, 0.4) is 0 Å². The van der Waals surface area contributed by atoms with Gasteiger partial charge in [0.2, 0.25) is 10.0 Å². The van der Waals surface area contributed by atoms with Crippen LogP contribution >= 0.6 is 0 Å². The molecule has 6 aromatic rings. The maximum atomic E-state index is 14.6. The lowest BCUT2D eigenvalue weighted by molar-refractivity contribution is 0.176. The lowest BCUT2D eigenvalue weighted by Gasteiger charge is -2.16. The van der Waals surface area contributed by atoms with Crippen molar-refractivity contribution in [2.45, 2.75) is 33.0 Å². The van der Waals surface area contributed by atoms with E-state index in [2.05, 4.69) is 35.2 Å². The lowest BCUT2D eigenvalue weighted by Crippen LogP contribution is -2.21. The Bertz CT molecular complexity index is 2090. The highest BCUT2D eigenvalue weighted by Gasteiger charge is 2.18. The summed E-state index contributed by atoms with van der Waals surface area (Å²) in [5.41, 5.74) is 6.51. The van der Waals surface area contributed by atoms with Crippen molar-refractivity contribution in [2.24, 2.45) is 5.92 Å². The summed E-state index contributed by atoms with van der Waals surface area (Å²) in [6.45, 7) is 4.06. The maximum Gasteiger partial charge on any atom is 0.209 e. The van der Waals surface area contributed by atoms with Gasteiger partial charge in [0, 0.05) is 35.6 Å². The molecule has 13 heteroatoms. The second kappa shape index (κ2) is 11.8. The zero-order valence-corrected chi connectivity index (χ0v) is 25.1. The van der Waals surface area contributed by atoms with Crippen LogP contribution in [0, 0.1) is 11.7 Å². The topological polar surface area (TPSA) is 162 Å². The minimum Gasteiger partial charge on any atom is -0.374 e. The predicted molar refractivity (Wildman–Crippen MR) is 168 cm³/mol. The number of aliphatic hydroxyl groups excluding tert-OH is 1. The Balaban J connectivity index is 1.35. The predicted octanol–water partition coefficient (Wildman–Crippen LogP) is 5.19. The third-order valence-electron chi connectivity index (χ3n) is 7.06. The van der Waals surface area contributed by atoms with Crippen molar-refractivity contribution in [3.63, 3.8) is 0 Å². The number of aliphatic hydroxyl groups is 1. The fraction of sp³-hybridized carbons (Fsp3) is 0.226. The van der Waals surface area contributed by atoms with Crippen LogP contribution in [0.4, 0.5) is 10.1 Å². The number of anilines is 1. The molecule has 0 amide bonds. The van der Waals surface area contributed by atoms with Crippen LogP contribution in [0.1, 0.15) is 25.8 Å². The number of pyridine rings is 2. The van der Waals surface area contributed by atoms with Gasteiger partial charge in [0.15, 0.2) is 11.5 Å². The maximum absolute atomic E-state index is 14.6. The van der Waals surface area contributed by atoms with E-state index < -0.39 is 22.1 Å². The molecule has 6 rings (SSSR count). The molecule has 0 saturated carbocycles. The van der Waals surface area contributed by atoms with E-state index in [1.807, 2.05) is 44.2 Å². The Morgan fingerprint density at radius 1 is 1.02 bits per heavy atom. The van der Waals surface area contributed by atoms with Gasteiger partial charge in [-0.1, -0.05) is 26.0 Å². The van der Waals surface area contributed by atoms with Crippen LogP contribution in [-0.2, 0) is 16.6 Å². The number of rotatable bonds is 10. The summed E-state index contributed by atoms with van der Waals surface area (Å²) in [6.07, 6.45) is 6.10. The summed E-state index contributed by atoms with van der Waals surface area (Å²) in [6, 6.07) is 13.8. The van der Waals surface area contributed by atoms with Crippen LogP contribution in [0.2, 0.25) is 0 Å². The number of hydrogen-bond acceptors (Lipinski definition) is 8. The highest BCUT2D eigenvalue weighted by atomic mass is 32.2. The molecular formula is C31H31FN8O3S. The second-order valence-electron chi connectivity index (χ2n) is 11.2. The Hall–Kier alpha value is -4.72. The van der Waals surface area contributed by atoms with Crippen molar-refractivity contribution < 1.29 is 17.9 Å². The summed E-state index contributed by atoms with van der Waals surface area (Å²) in [4.78, 5) is 17.1. The van der Waals surface area contributed by atoms with Crippen LogP contribution in [-0.4, -0.2) is 56.1 Å². The molecule has 0 aliphatic rings. The first-order chi connectivity index (χ1) is 21.0. The van der Waals surface area contributed by atoms with E-state index in [9.17, 15) is 17.9 Å². The van der Waals surface area contributed by atoms with Gasteiger partial charge in [0.1, 0.15) is 17.7 Å². The molecule has 2 aromatic carbocycles. The molecule has 0 aliphatic heterocycles. The molecule has 4 heterocycles. The Morgan fingerprint density at radius 2 is 1.84 bits per heavy atom. The first kappa shape index (κ1) is 29.4. The smallest absolute Gasteiger partial charge is 0.209 e.